The summed E-state index contributed by atoms with van der Waals surface area (Å²) in [5.41, 5.74) is 0.297. The summed E-state index contributed by atoms with van der Waals surface area (Å²) in [5, 5.41) is 15.4. The summed E-state index contributed by atoms with van der Waals surface area (Å²) in [6.07, 6.45) is -1.67. The van der Waals surface area contributed by atoms with Crippen molar-refractivity contribution in [1.29, 1.82) is 0 Å². The molecule has 1 fully saturated rings. The molecule has 22 heavy (non-hydrogen) atoms. The predicted octanol–water partition coefficient (Wildman–Crippen LogP) is 2.56. The molecule has 0 aromatic heterocycles. The minimum atomic E-state index is -2.88. The number of carbonyl (C=O) groups excluding carboxylic acids is 1. The SMILES string of the molecule is Cl.O=C(NCC(O)c1c(Cl)cccc1Cl)C1CC(F)(F)CN1. The molecule has 3 N–H and O–H groups in total. The lowest BCUT2D eigenvalue weighted by Gasteiger charge is -2.17. The van der Waals surface area contributed by atoms with Gasteiger partial charge in [-0.2, -0.15) is 0 Å². The van der Waals surface area contributed by atoms with E-state index in [0.717, 1.165) is 0 Å². The van der Waals surface area contributed by atoms with Gasteiger partial charge in [-0.05, 0) is 12.1 Å². The maximum absolute atomic E-state index is 13.0. The van der Waals surface area contributed by atoms with E-state index in [1.54, 1.807) is 18.2 Å². The molecule has 1 saturated heterocycles. The molecule has 0 radical (unpaired) electrons. The normalized spacial score (nSPS) is 21.0. The fourth-order valence-electron chi connectivity index (χ4n) is 2.15. The van der Waals surface area contributed by atoms with Crippen LogP contribution >= 0.6 is 35.6 Å². The Hall–Kier alpha value is -0.660. The van der Waals surface area contributed by atoms with Gasteiger partial charge in [-0.25, -0.2) is 8.78 Å². The number of aliphatic hydroxyl groups excluding tert-OH is 1. The van der Waals surface area contributed by atoms with Gasteiger partial charge in [-0.1, -0.05) is 29.3 Å². The van der Waals surface area contributed by atoms with E-state index >= 15 is 0 Å². The number of nitrogens with one attached hydrogen (secondary N) is 2. The van der Waals surface area contributed by atoms with Gasteiger partial charge >= 0.3 is 0 Å². The second-order valence-electron chi connectivity index (χ2n) is 4.89. The smallest absolute Gasteiger partial charge is 0.262 e. The molecular weight excluding hydrogens is 361 g/mol. The highest BCUT2D eigenvalue weighted by Crippen LogP contribution is 2.30. The molecule has 1 heterocycles. The third-order valence-corrected chi connectivity index (χ3v) is 3.89. The Morgan fingerprint density at radius 2 is 2.05 bits per heavy atom. The number of alkyl halides is 2. The van der Waals surface area contributed by atoms with Crippen molar-refractivity contribution in [3.63, 3.8) is 0 Å². The van der Waals surface area contributed by atoms with Crippen molar-refractivity contribution in [3.05, 3.63) is 33.8 Å². The number of amides is 1. The number of hydrogen-bond acceptors (Lipinski definition) is 3. The van der Waals surface area contributed by atoms with Crippen LogP contribution in [0.1, 0.15) is 18.1 Å². The van der Waals surface area contributed by atoms with Crippen LogP contribution in [0.3, 0.4) is 0 Å². The van der Waals surface area contributed by atoms with Crippen LogP contribution in [0.2, 0.25) is 10.0 Å². The Kier molecular flexibility index (Phi) is 6.83. The van der Waals surface area contributed by atoms with E-state index in [2.05, 4.69) is 10.6 Å². The molecule has 0 aliphatic carbocycles. The molecule has 0 spiro atoms. The molecule has 0 bridgehead atoms. The quantitative estimate of drug-likeness (QED) is 0.758. The second kappa shape index (κ2) is 7.75. The zero-order chi connectivity index (χ0) is 15.6. The minimum Gasteiger partial charge on any atom is -0.386 e. The van der Waals surface area contributed by atoms with Crippen LogP contribution < -0.4 is 10.6 Å². The molecule has 1 aliphatic heterocycles. The third kappa shape index (κ3) is 4.67. The van der Waals surface area contributed by atoms with Gasteiger partial charge in [0.1, 0.15) is 0 Å². The van der Waals surface area contributed by atoms with Crippen molar-refractivity contribution in [1.82, 2.24) is 10.6 Å². The Bertz CT molecular complexity index is 526. The Labute approximate surface area is 142 Å². The monoisotopic (exact) mass is 374 g/mol. The van der Waals surface area contributed by atoms with Crippen molar-refractivity contribution in [2.75, 3.05) is 13.1 Å². The first-order valence-electron chi connectivity index (χ1n) is 6.31. The Morgan fingerprint density at radius 1 is 1.45 bits per heavy atom. The van der Waals surface area contributed by atoms with Gasteiger partial charge in [0.25, 0.3) is 5.92 Å². The van der Waals surface area contributed by atoms with Gasteiger partial charge in [0.05, 0.1) is 18.7 Å². The van der Waals surface area contributed by atoms with Crippen LogP contribution in [0.25, 0.3) is 0 Å². The van der Waals surface area contributed by atoms with Gasteiger partial charge in [-0.15, -0.1) is 12.4 Å². The number of halogens is 5. The van der Waals surface area contributed by atoms with E-state index in [0.29, 0.717) is 5.56 Å². The van der Waals surface area contributed by atoms with Crippen LogP contribution in [0, 0.1) is 0 Å². The lowest BCUT2D eigenvalue weighted by atomic mass is 10.1. The highest BCUT2D eigenvalue weighted by molar-refractivity contribution is 6.36. The number of rotatable bonds is 4. The average molecular weight is 376 g/mol. The fraction of sp³-hybridized carbons (Fsp3) is 0.462. The van der Waals surface area contributed by atoms with Gasteiger partial charge in [-0.3, -0.25) is 10.1 Å². The first-order valence-corrected chi connectivity index (χ1v) is 7.06. The molecule has 124 valence electrons. The first kappa shape index (κ1) is 19.4. The van der Waals surface area contributed by atoms with Crippen molar-refractivity contribution in [2.45, 2.75) is 24.5 Å². The molecule has 4 nitrogen and oxygen atoms in total. The molecule has 1 aliphatic rings. The lowest BCUT2D eigenvalue weighted by molar-refractivity contribution is -0.123. The number of benzene rings is 1. The minimum absolute atomic E-state index is 0. The number of hydrogen-bond donors (Lipinski definition) is 3. The van der Waals surface area contributed by atoms with Crippen LogP contribution in [0.5, 0.6) is 0 Å². The topological polar surface area (TPSA) is 61.4 Å². The summed E-state index contributed by atoms with van der Waals surface area (Å²) in [6, 6.07) is 3.79. The van der Waals surface area contributed by atoms with Crippen LogP contribution in [-0.4, -0.2) is 36.1 Å². The molecule has 2 atom stereocenters. The summed E-state index contributed by atoms with van der Waals surface area (Å²) < 4.78 is 26.0. The molecular formula is C13H15Cl3F2N2O2. The molecule has 1 aromatic rings. The summed E-state index contributed by atoms with van der Waals surface area (Å²) in [7, 11) is 0. The van der Waals surface area contributed by atoms with E-state index in [9.17, 15) is 18.7 Å². The van der Waals surface area contributed by atoms with Gasteiger partial charge in [0.15, 0.2) is 0 Å². The lowest BCUT2D eigenvalue weighted by Crippen LogP contribution is -2.42. The van der Waals surface area contributed by atoms with Gasteiger partial charge in [0, 0.05) is 28.6 Å². The van der Waals surface area contributed by atoms with Crippen molar-refractivity contribution in [2.24, 2.45) is 0 Å². The second-order valence-corrected chi connectivity index (χ2v) is 5.70. The first-order chi connectivity index (χ1) is 9.80. The van der Waals surface area contributed by atoms with E-state index in [1.165, 1.54) is 0 Å². The van der Waals surface area contributed by atoms with Crippen LogP contribution in [0.4, 0.5) is 8.78 Å². The number of carbonyl (C=O) groups is 1. The summed E-state index contributed by atoms with van der Waals surface area (Å²) in [4.78, 5) is 11.8. The van der Waals surface area contributed by atoms with E-state index in [-0.39, 0.29) is 29.0 Å². The van der Waals surface area contributed by atoms with Crippen LogP contribution in [-0.2, 0) is 4.79 Å². The van der Waals surface area contributed by atoms with E-state index < -0.39 is 36.9 Å². The standard InChI is InChI=1S/C13H14Cl2F2N2O2.ClH/c14-7-2-1-3-8(15)11(7)10(20)5-18-12(21)9-4-13(16,17)6-19-9;/h1-3,9-10,19-20H,4-6H2,(H,18,21);1H. The van der Waals surface area contributed by atoms with Gasteiger partial charge in [0.2, 0.25) is 5.91 Å². The maximum atomic E-state index is 13.0. The van der Waals surface area contributed by atoms with Crippen molar-refractivity contribution in [3.8, 4) is 0 Å². The molecule has 1 aromatic carbocycles. The van der Waals surface area contributed by atoms with E-state index in [4.69, 9.17) is 23.2 Å². The largest absolute Gasteiger partial charge is 0.386 e. The molecule has 0 saturated carbocycles. The van der Waals surface area contributed by atoms with Crippen molar-refractivity contribution < 1.29 is 18.7 Å². The third-order valence-electron chi connectivity index (χ3n) is 3.23. The Morgan fingerprint density at radius 3 is 2.55 bits per heavy atom. The van der Waals surface area contributed by atoms with Gasteiger partial charge < -0.3 is 10.4 Å². The van der Waals surface area contributed by atoms with E-state index in [1.807, 2.05) is 0 Å². The fourth-order valence-corrected chi connectivity index (χ4v) is 2.80. The highest BCUT2D eigenvalue weighted by atomic mass is 35.5. The zero-order valence-electron chi connectivity index (χ0n) is 11.3. The summed E-state index contributed by atoms with van der Waals surface area (Å²) in [5.74, 6) is -3.47. The van der Waals surface area contributed by atoms with Crippen LogP contribution in [0.15, 0.2) is 18.2 Å². The zero-order valence-corrected chi connectivity index (χ0v) is 13.6. The summed E-state index contributed by atoms with van der Waals surface area (Å²) >= 11 is 11.9. The molecule has 2 unspecified atom stereocenters. The molecule has 2 rings (SSSR count). The summed E-state index contributed by atoms with van der Waals surface area (Å²) in [6.45, 7) is -0.685. The Balaban J connectivity index is 0.00000242. The molecule has 9 heteroatoms. The predicted molar refractivity (Wildman–Crippen MR) is 83.0 cm³/mol. The maximum Gasteiger partial charge on any atom is 0.262 e. The molecule has 1 amide bonds. The average Bonchev–Trinajstić information content (AvgIpc) is 2.76. The highest BCUT2D eigenvalue weighted by Gasteiger charge is 2.42. The number of aliphatic hydroxyl groups is 1. The van der Waals surface area contributed by atoms with Crippen molar-refractivity contribution >= 4 is 41.5 Å².